The first-order valence-corrected chi connectivity index (χ1v) is 4.62. The summed E-state index contributed by atoms with van der Waals surface area (Å²) in [5.41, 5.74) is 0.239. The third-order valence-electron chi connectivity index (χ3n) is 1.75. The van der Waals surface area contributed by atoms with Crippen molar-refractivity contribution in [3.8, 4) is 11.5 Å². The number of ether oxygens (including phenoxy) is 2. The molecule has 0 aliphatic rings. The first-order valence-electron chi connectivity index (χ1n) is 4.62. The van der Waals surface area contributed by atoms with E-state index in [-0.39, 0.29) is 23.7 Å². The molecule has 0 aromatic heterocycles. The Bertz CT molecular complexity index is 372. The maximum absolute atomic E-state index is 12.2. The standard InChI is InChI=1S/C11H11F3O2/c1-3-8-6-5-7-9(15-4-2)10(8)16-11(12,13)14/h3,5-7H,1,4H2,2H3. The molecule has 0 spiro atoms. The average molecular weight is 232 g/mol. The molecule has 1 rings (SSSR count). The molecule has 0 atom stereocenters. The van der Waals surface area contributed by atoms with Crippen LogP contribution in [0.4, 0.5) is 13.2 Å². The van der Waals surface area contributed by atoms with E-state index in [1.165, 1.54) is 18.2 Å². The number of hydrogen-bond acceptors (Lipinski definition) is 2. The molecule has 0 radical (unpaired) electrons. The van der Waals surface area contributed by atoms with Gasteiger partial charge in [0.2, 0.25) is 0 Å². The minimum absolute atomic E-state index is 0.0530. The van der Waals surface area contributed by atoms with Gasteiger partial charge >= 0.3 is 6.36 Å². The zero-order chi connectivity index (χ0) is 12.2. The SMILES string of the molecule is C=Cc1cccc(OCC)c1OC(F)(F)F. The lowest BCUT2D eigenvalue weighted by Gasteiger charge is -2.15. The lowest BCUT2D eigenvalue weighted by Crippen LogP contribution is -2.18. The number of rotatable bonds is 4. The topological polar surface area (TPSA) is 18.5 Å². The second kappa shape index (κ2) is 4.92. The molecular formula is C11H11F3O2. The van der Waals surface area contributed by atoms with E-state index in [9.17, 15) is 13.2 Å². The van der Waals surface area contributed by atoms with Gasteiger partial charge in [-0.05, 0) is 13.0 Å². The fourth-order valence-corrected chi connectivity index (χ4v) is 1.19. The van der Waals surface area contributed by atoms with E-state index < -0.39 is 6.36 Å². The molecule has 1 aromatic carbocycles. The second-order valence-corrected chi connectivity index (χ2v) is 2.86. The van der Waals surface area contributed by atoms with Crippen LogP contribution in [0.15, 0.2) is 24.8 Å². The Morgan fingerprint density at radius 3 is 2.56 bits per heavy atom. The van der Waals surface area contributed by atoms with Crippen LogP contribution in [0.1, 0.15) is 12.5 Å². The highest BCUT2D eigenvalue weighted by Gasteiger charge is 2.33. The molecule has 16 heavy (non-hydrogen) atoms. The summed E-state index contributed by atoms with van der Waals surface area (Å²) in [5.74, 6) is -0.302. The maximum Gasteiger partial charge on any atom is 0.573 e. The molecule has 0 aliphatic carbocycles. The molecule has 0 unspecified atom stereocenters. The van der Waals surface area contributed by atoms with Crippen molar-refractivity contribution in [3.05, 3.63) is 30.3 Å². The van der Waals surface area contributed by atoms with Gasteiger partial charge in [-0.2, -0.15) is 0 Å². The van der Waals surface area contributed by atoms with Gasteiger partial charge in [0.05, 0.1) is 6.61 Å². The molecule has 0 amide bonds. The molecule has 1 aromatic rings. The number of para-hydroxylation sites is 1. The largest absolute Gasteiger partial charge is 0.573 e. The summed E-state index contributed by atoms with van der Waals surface area (Å²) in [4.78, 5) is 0. The van der Waals surface area contributed by atoms with Crippen LogP contribution in [-0.4, -0.2) is 13.0 Å². The van der Waals surface area contributed by atoms with E-state index in [4.69, 9.17) is 4.74 Å². The summed E-state index contributed by atoms with van der Waals surface area (Å²) in [6.07, 6.45) is -3.46. The molecule has 0 heterocycles. The molecule has 0 saturated heterocycles. The third-order valence-corrected chi connectivity index (χ3v) is 1.75. The average Bonchev–Trinajstić information content (AvgIpc) is 2.19. The highest BCUT2D eigenvalue weighted by molar-refractivity contribution is 5.61. The summed E-state index contributed by atoms with van der Waals surface area (Å²) in [6, 6.07) is 4.46. The van der Waals surface area contributed by atoms with Crippen LogP contribution in [0.5, 0.6) is 11.5 Å². The third kappa shape index (κ3) is 3.18. The van der Waals surface area contributed by atoms with Crippen molar-refractivity contribution >= 4 is 6.08 Å². The molecule has 5 heteroatoms. The van der Waals surface area contributed by atoms with Crippen molar-refractivity contribution in [2.24, 2.45) is 0 Å². The minimum atomic E-state index is -4.75. The summed E-state index contributed by atoms with van der Waals surface area (Å²) in [5, 5.41) is 0. The molecule has 2 nitrogen and oxygen atoms in total. The Balaban J connectivity index is 3.14. The van der Waals surface area contributed by atoms with E-state index in [1.54, 1.807) is 13.0 Å². The Morgan fingerprint density at radius 2 is 2.06 bits per heavy atom. The van der Waals surface area contributed by atoms with Gasteiger partial charge in [0.25, 0.3) is 0 Å². The predicted octanol–water partition coefficient (Wildman–Crippen LogP) is 3.63. The molecular weight excluding hydrogens is 221 g/mol. The number of hydrogen-bond donors (Lipinski definition) is 0. The first kappa shape index (κ1) is 12.4. The van der Waals surface area contributed by atoms with E-state index >= 15 is 0 Å². The number of halogens is 3. The van der Waals surface area contributed by atoms with Crippen LogP contribution in [0.2, 0.25) is 0 Å². The van der Waals surface area contributed by atoms with E-state index in [0.29, 0.717) is 0 Å². The zero-order valence-corrected chi connectivity index (χ0v) is 8.67. The van der Waals surface area contributed by atoms with E-state index in [1.807, 2.05) is 0 Å². The Labute approximate surface area is 91.3 Å². The van der Waals surface area contributed by atoms with E-state index in [2.05, 4.69) is 11.3 Å². The predicted molar refractivity (Wildman–Crippen MR) is 54.4 cm³/mol. The lowest BCUT2D eigenvalue weighted by molar-refractivity contribution is -0.275. The summed E-state index contributed by atoms with van der Waals surface area (Å²) >= 11 is 0. The van der Waals surface area contributed by atoms with Crippen molar-refractivity contribution in [2.75, 3.05) is 6.61 Å². The van der Waals surface area contributed by atoms with Gasteiger partial charge in [0.15, 0.2) is 11.5 Å². The van der Waals surface area contributed by atoms with Gasteiger partial charge in [-0.1, -0.05) is 24.8 Å². The Hall–Kier alpha value is -1.65. The van der Waals surface area contributed by atoms with Gasteiger partial charge in [0.1, 0.15) is 0 Å². The van der Waals surface area contributed by atoms with Crippen LogP contribution in [0.25, 0.3) is 6.08 Å². The van der Waals surface area contributed by atoms with Crippen molar-refractivity contribution in [2.45, 2.75) is 13.3 Å². The maximum atomic E-state index is 12.2. The van der Waals surface area contributed by atoms with Crippen molar-refractivity contribution in [3.63, 3.8) is 0 Å². The summed E-state index contributed by atoms with van der Waals surface area (Å²) in [7, 11) is 0. The normalized spacial score (nSPS) is 11.0. The molecule has 0 N–H and O–H groups in total. The van der Waals surface area contributed by atoms with Crippen LogP contribution in [0.3, 0.4) is 0 Å². The summed E-state index contributed by atoms with van der Waals surface area (Å²) in [6.45, 7) is 5.36. The second-order valence-electron chi connectivity index (χ2n) is 2.86. The van der Waals surface area contributed by atoms with Crippen molar-refractivity contribution in [1.29, 1.82) is 0 Å². The molecule has 88 valence electrons. The van der Waals surface area contributed by atoms with Gasteiger partial charge in [-0.15, -0.1) is 13.2 Å². The molecule has 0 saturated carbocycles. The molecule has 0 fully saturated rings. The van der Waals surface area contributed by atoms with E-state index in [0.717, 1.165) is 0 Å². The Morgan fingerprint density at radius 1 is 1.38 bits per heavy atom. The quantitative estimate of drug-likeness (QED) is 0.789. The van der Waals surface area contributed by atoms with Crippen LogP contribution in [0, 0.1) is 0 Å². The van der Waals surface area contributed by atoms with Gasteiger partial charge < -0.3 is 9.47 Å². The highest BCUT2D eigenvalue weighted by Crippen LogP contribution is 2.36. The van der Waals surface area contributed by atoms with Gasteiger partial charge in [-0.3, -0.25) is 0 Å². The zero-order valence-electron chi connectivity index (χ0n) is 8.67. The fourth-order valence-electron chi connectivity index (χ4n) is 1.19. The van der Waals surface area contributed by atoms with Gasteiger partial charge in [-0.25, -0.2) is 0 Å². The monoisotopic (exact) mass is 232 g/mol. The fraction of sp³-hybridized carbons (Fsp3) is 0.273. The van der Waals surface area contributed by atoms with Gasteiger partial charge in [0, 0.05) is 5.56 Å². The highest BCUT2D eigenvalue weighted by atomic mass is 19.4. The number of alkyl halides is 3. The molecule has 0 bridgehead atoms. The lowest BCUT2D eigenvalue weighted by atomic mass is 10.2. The molecule has 0 aliphatic heterocycles. The van der Waals surface area contributed by atoms with Crippen LogP contribution >= 0.6 is 0 Å². The smallest absolute Gasteiger partial charge is 0.490 e. The van der Waals surface area contributed by atoms with Crippen molar-refractivity contribution in [1.82, 2.24) is 0 Å². The summed E-state index contributed by atoms with van der Waals surface area (Å²) < 4.78 is 45.5. The number of benzene rings is 1. The van der Waals surface area contributed by atoms with Crippen LogP contribution < -0.4 is 9.47 Å². The minimum Gasteiger partial charge on any atom is -0.490 e. The van der Waals surface area contributed by atoms with Crippen molar-refractivity contribution < 1.29 is 22.6 Å². The van der Waals surface area contributed by atoms with Crippen LogP contribution in [-0.2, 0) is 0 Å². The Kier molecular flexibility index (Phi) is 3.82. The first-order chi connectivity index (χ1) is 7.48.